The van der Waals surface area contributed by atoms with E-state index >= 15 is 0 Å². The molecule has 0 aromatic rings. The molecule has 0 fully saturated rings. The highest BCUT2D eigenvalue weighted by Crippen LogP contribution is 2.32. The van der Waals surface area contributed by atoms with Gasteiger partial charge in [0.05, 0.1) is 19.0 Å². The van der Waals surface area contributed by atoms with Crippen LogP contribution in [0.3, 0.4) is 0 Å². The first kappa shape index (κ1) is 34.4. The van der Waals surface area contributed by atoms with E-state index in [-0.39, 0.29) is 11.2 Å². The second-order valence-corrected chi connectivity index (χ2v) is 12.7. The van der Waals surface area contributed by atoms with Crippen molar-refractivity contribution in [1.29, 1.82) is 0 Å². The Labute approximate surface area is 217 Å². The smallest absolute Gasteiger partial charge is 0.264 e. The van der Waals surface area contributed by atoms with Crippen LogP contribution in [0.25, 0.3) is 0 Å². The van der Waals surface area contributed by atoms with Crippen LogP contribution in [0, 0.1) is 29.1 Å². The number of unbranched alkanes of at least 4 members (excludes halogenated alkanes) is 3. The maximum atomic E-state index is 10.8. The van der Waals surface area contributed by atoms with Crippen LogP contribution in [0.15, 0.2) is 0 Å². The predicted octanol–water partition coefficient (Wildman–Crippen LogP) is 6.54. The summed E-state index contributed by atoms with van der Waals surface area (Å²) in [5, 5.41) is 0. The van der Waals surface area contributed by atoms with E-state index in [1.54, 1.807) is 0 Å². The van der Waals surface area contributed by atoms with Crippen LogP contribution in [0.1, 0.15) is 106 Å². The molecule has 0 heterocycles. The first-order chi connectivity index (χ1) is 16.3. The topological polar surface area (TPSA) is 82.1 Å². The highest BCUT2D eigenvalue weighted by atomic mass is 32.2. The Kier molecular flexibility index (Phi) is 18.2. The summed E-state index contributed by atoms with van der Waals surface area (Å²) in [7, 11) is -3.89. The van der Waals surface area contributed by atoms with Crippen molar-refractivity contribution in [1.82, 2.24) is 0 Å². The molecule has 0 aliphatic rings. The lowest BCUT2D eigenvalue weighted by Crippen LogP contribution is -2.31. The normalized spacial score (nSPS) is 15.6. The minimum absolute atomic E-state index is 0.0773. The van der Waals surface area contributed by atoms with Gasteiger partial charge in [0.1, 0.15) is 5.60 Å². The zero-order valence-electron chi connectivity index (χ0n) is 23.7. The van der Waals surface area contributed by atoms with Crippen LogP contribution in [0.4, 0.5) is 0 Å². The van der Waals surface area contributed by atoms with Crippen molar-refractivity contribution in [3.8, 4) is 11.8 Å². The van der Waals surface area contributed by atoms with Crippen molar-refractivity contribution in [2.45, 2.75) is 112 Å². The Balaban J connectivity index is 4.83. The van der Waals surface area contributed by atoms with Crippen molar-refractivity contribution < 1.29 is 27.2 Å². The first-order valence-electron chi connectivity index (χ1n) is 13.6. The molecule has 0 aliphatic carbocycles. The molecule has 0 aromatic heterocycles. The van der Waals surface area contributed by atoms with Crippen molar-refractivity contribution in [3.05, 3.63) is 0 Å². The average molecular weight is 519 g/mol. The van der Waals surface area contributed by atoms with Gasteiger partial charge in [-0.15, -0.1) is 0 Å². The highest BCUT2D eigenvalue weighted by molar-refractivity contribution is 7.85. The largest absolute Gasteiger partial charge is 0.381 e. The van der Waals surface area contributed by atoms with E-state index in [0.29, 0.717) is 44.5 Å². The van der Waals surface area contributed by atoms with Crippen LogP contribution in [-0.2, 0) is 24.3 Å². The van der Waals surface area contributed by atoms with E-state index in [0.717, 1.165) is 45.3 Å². The Morgan fingerprint density at radius 1 is 0.771 bits per heavy atom. The summed E-state index contributed by atoms with van der Waals surface area (Å²) in [6, 6.07) is 0. The standard InChI is InChI=1S/C28H54O6S/c1-8-9-10-17-32-19-13-14-27(6,23-25(2)3)15-16-28(7,24-26(4)5)34-21-20-33-18-11-12-22-35(29,30)31/h25-26H,8-14,17-24H2,1-7H3,(H,29,30,31). The fourth-order valence-electron chi connectivity index (χ4n) is 4.36. The average Bonchev–Trinajstić information content (AvgIpc) is 2.72. The molecule has 0 bridgehead atoms. The molecular weight excluding hydrogens is 464 g/mol. The van der Waals surface area contributed by atoms with Crippen molar-refractivity contribution in [2.24, 2.45) is 17.3 Å². The number of rotatable bonds is 21. The molecule has 0 radical (unpaired) electrons. The van der Waals surface area contributed by atoms with Gasteiger partial charge < -0.3 is 14.2 Å². The van der Waals surface area contributed by atoms with E-state index < -0.39 is 15.7 Å². The molecule has 6 nitrogen and oxygen atoms in total. The van der Waals surface area contributed by atoms with Gasteiger partial charge in [0, 0.05) is 25.2 Å². The molecule has 2 atom stereocenters. The van der Waals surface area contributed by atoms with Crippen LogP contribution < -0.4 is 0 Å². The zero-order valence-corrected chi connectivity index (χ0v) is 24.5. The van der Waals surface area contributed by atoms with Gasteiger partial charge in [-0.1, -0.05) is 59.3 Å². The monoisotopic (exact) mass is 518 g/mol. The minimum atomic E-state index is -3.89. The van der Waals surface area contributed by atoms with Crippen LogP contribution in [0.2, 0.25) is 0 Å². The van der Waals surface area contributed by atoms with E-state index in [1.807, 2.05) is 0 Å². The van der Waals surface area contributed by atoms with Crippen LogP contribution in [0.5, 0.6) is 0 Å². The molecule has 0 rings (SSSR count). The van der Waals surface area contributed by atoms with Gasteiger partial charge in [0.25, 0.3) is 10.1 Å². The molecule has 2 unspecified atom stereocenters. The van der Waals surface area contributed by atoms with E-state index in [4.69, 9.17) is 18.8 Å². The second-order valence-electron chi connectivity index (χ2n) is 11.1. The molecule has 0 spiro atoms. The summed E-state index contributed by atoms with van der Waals surface area (Å²) in [6.07, 6.45) is 8.45. The molecular formula is C28H54O6S. The highest BCUT2D eigenvalue weighted by Gasteiger charge is 2.27. The summed E-state index contributed by atoms with van der Waals surface area (Å²) in [4.78, 5) is 0. The summed E-state index contributed by atoms with van der Waals surface area (Å²) in [5.74, 6) is 7.90. The maximum absolute atomic E-state index is 10.8. The molecule has 7 heteroatoms. The van der Waals surface area contributed by atoms with Gasteiger partial charge in [0.2, 0.25) is 0 Å². The first-order valence-corrected chi connectivity index (χ1v) is 15.2. The lowest BCUT2D eigenvalue weighted by Gasteiger charge is -2.29. The Bertz CT molecular complexity index is 694. The summed E-state index contributed by atoms with van der Waals surface area (Å²) in [6.45, 7) is 18.3. The van der Waals surface area contributed by atoms with Crippen LogP contribution in [-0.4, -0.2) is 57.4 Å². The third kappa shape index (κ3) is 21.2. The third-order valence-electron chi connectivity index (χ3n) is 5.78. The van der Waals surface area contributed by atoms with Gasteiger partial charge in [0.15, 0.2) is 0 Å². The molecule has 0 saturated heterocycles. The molecule has 0 aliphatic heterocycles. The molecule has 0 amide bonds. The van der Waals surface area contributed by atoms with Gasteiger partial charge in [-0.2, -0.15) is 8.42 Å². The number of ether oxygens (including phenoxy) is 3. The number of hydrogen-bond donors (Lipinski definition) is 1. The Morgan fingerprint density at radius 2 is 1.34 bits per heavy atom. The minimum Gasteiger partial charge on any atom is -0.381 e. The van der Waals surface area contributed by atoms with Crippen molar-refractivity contribution in [3.63, 3.8) is 0 Å². The fourth-order valence-corrected chi connectivity index (χ4v) is 4.93. The Morgan fingerprint density at radius 3 is 1.91 bits per heavy atom. The van der Waals surface area contributed by atoms with Gasteiger partial charge in [-0.3, -0.25) is 4.55 Å². The molecule has 35 heavy (non-hydrogen) atoms. The van der Waals surface area contributed by atoms with Crippen molar-refractivity contribution >= 4 is 10.1 Å². The van der Waals surface area contributed by atoms with Gasteiger partial charge in [-0.25, -0.2) is 0 Å². The summed E-state index contributed by atoms with van der Waals surface area (Å²) >= 11 is 0. The SMILES string of the molecule is CCCCCOCCCC(C)(C#CC(C)(CC(C)C)OCCOCCCCS(=O)(=O)O)CC(C)C. The van der Waals surface area contributed by atoms with E-state index in [1.165, 1.54) is 12.8 Å². The number of hydrogen-bond acceptors (Lipinski definition) is 5. The van der Waals surface area contributed by atoms with Gasteiger partial charge in [-0.05, 0) is 70.6 Å². The molecule has 1 N–H and O–H groups in total. The van der Waals surface area contributed by atoms with Crippen molar-refractivity contribution in [2.75, 3.05) is 38.8 Å². The quantitative estimate of drug-likeness (QED) is 0.106. The third-order valence-corrected chi connectivity index (χ3v) is 6.59. The fraction of sp³-hybridized carbons (Fsp3) is 0.929. The molecule has 208 valence electrons. The summed E-state index contributed by atoms with van der Waals surface area (Å²) in [5.41, 5.74) is -0.622. The van der Waals surface area contributed by atoms with Crippen LogP contribution >= 0.6 is 0 Å². The predicted molar refractivity (Wildman–Crippen MR) is 145 cm³/mol. The Hall–Kier alpha value is -0.650. The summed E-state index contributed by atoms with van der Waals surface area (Å²) < 4.78 is 47.9. The lowest BCUT2D eigenvalue weighted by atomic mass is 9.78. The zero-order chi connectivity index (χ0) is 26.8. The van der Waals surface area contributed by atoms with E-state index in [9.17, 15) is 8.42 Å². The lowest BCUT2D eigenvalue weighted by molar-refractivity contribution is -0.0332. The molecule has 0 aromatic carbocycles. The van der Waals surface area contributed by atoms with E-state index in [2.05, 4.69) is 60.3 Å². The molecule has 0 saturated carbocycles. The second kappa shape index (κ2) is 18.6. The van der Waals surface area contributed by atoms with Gasteiger partial charge >= 0.3 is 0 Å². The maximum Gasteiger partial charge on any atom is 0.264 e.